The second-order valence-corrected chi connectivity index (χ2v) is 7.57. The zero-order valence-electron chi connectivity index (χ0n) is 18.0. The minimum atomic E-state index is -5.31. The van der Waals surface area contributed by atoms with Crippen molar-refractivity contribution in [3.63, 3.8) is 0 Å². The third kappa shape index (κ3) is 5.05. The fraction of sp³-hybridized carbons (Fsp3) is 0.200. The lowest BCUT2D eigenvalue weighted by molar-refractivity contribution is -0.141. The van der Waals surface area contributed by atoms with E-state index in [2.05, 4.69) is 20.3 Å². The Labute approximate surface area is 203 Å². The van der Waals surface area contributed by atoms with E-state index < -0.39 is 82.1 Å². The second kappa shape index (κ2) is 8.88. The second-order valence-electron chi connectivity index (χ2n) is 7.57. The average Bonchev–Trinajstić information content (AvgIpc) is 3.14. The van der Waals surface area contributed by atoms with Crippen molar-refractivity contribution >= 4 is 17.6 Å². The number of hydrogen-bond donors (Lipinski definition) is 3. The number of nitrogens with one attached hydrogen (secondary N) is 2. The minimum absolute atomic E-state index is 0.0489. The first-order valence-corrected chi connectivity index (χ1v) is 9.92. The Morgan fingerprint density at radius 1 is 0.921 bits per heavy atom. The highest BCUT2D eigenvalue weighted by atomic mass is 19.4. The predicted octanol–water partition coefficient (Wildman–Crippen LogP) is 5.85. The van der Waals surface area contributed by atoms with E-state index >= 15 is 0 Å². The molecular weight excluding hydrogens is 546 g/mol. The number of nitrogens with zero attached hydrogens (tertiary/aromatic N) is 4. The number of carbonyl (C=O) groups is 1. The number of anilines is 2. The van der Waals surface area contributed by atoms with E-state index in [9.17, 15) is 53.8 Å². The zero-order chi connectivity index (χ0) is 28.2. The Balaban J connectivity index is 1.90. The standard InChI is InChI=1S/C20H10F10N6O2/c21-9-6-7(18(22,23)24)4-5-8(9)15-32-12-13(20(28,29)30)33-14(34-16(12)36(15)35-17(37)38)10-2-1-3-11(31-10)19(25,26)27/h1-6,15,32,35H,(H,37,38). The number of amides is 1. The van der Waals surface area contributed by atoms with Gasteiger partial charge in [0.2, 0.25) is 0 Å². The normalized spacial score (nSPS) is 15.7. The predicted molar refractivity (Wildman–Crippen MR) is 107 cm³/mol. The molecule has 1 aromatic carbocycles. The van der Waals surface area contributed by atoms with Crippen molar-refractivity contribution in [2.45, 2.75) is 24.7 Å². The number of carboxylic acid groups (broad SMARTS) is 1. The Morgan fingerprint density at radius 3 is 2.16 bits per heavy atom. The maximum absolute atomic E-state index is 14.7. The molecule has 0 aliphatic carbocycles. The molecule has 1 amide bonds. The molecule has 3 heterocycles. The molecule has 1 unspecified atom stereocenters. The number of halogens is 10. The van der Waals surface area contributed by atoms with E-state index in [0.717, 1.165) is 12.1 Å². The molecule has 38 heavy (non-hydrogen) atoms. The van der Waals surface area contributed by atoms with Crippen LogP contribution in [-0.2, 0) is 18.5 Å². The quantitative estimate of drug-likeness (QED) is 0.348. The maximum atomic E-state index is 14.7. The molecule has 2 aromatic heterocycles. The van der Waals surface area contributed by atoms with Crippen LogP contribution in [-0.4, -0.2) is 26.2 Å². The number of hydrogen-bond acceptors (Lipinski definition) is 6. The van der Waals surface area contributed by atoms with Crippen LogP contribution in [0.15, 0.2) is 36.4 Å². The molecule has 8 nitrogen and oxygen atoms in total. The van der Waals surface area contributed by atoms with Crippen LogP contribution in [0, 0.1) is 5.82 Å². The Hall–Kier alpha value is -4.38. The molecule has 202 valence electrons. The smallest absolute Gasteiger partial charge is 0.435 e. The number of aromatic nitrogens is 3. The van der Waals surface area contributed by atoms with Gasteiger partial charge in [0.25, 0.3) is 0 Å². The van der Waals surface area contributed by atoms with Crippen LogP contribution in [0.4, 0.5) is 60.2 Å². The topological polar surface area (TPSA) is 103 Å². The van der Waals surface area contributed by atoms with Gasteiger partial charge in [0.15, 0.2) is 17.3 Å². The SMILES string of the molecule is O=C(O)NN1c2nc(-c3cccc(C(F)(F)F)n3)nc(C(F)(F)F)c2NC1c1ccc(C(F)(F)F)cc1F. The molecule has 3 aromatic rings. The number of fused-ring (bicyclic) bond motifs is 1. The molecule has 0 saturated heterocycles. The van der Waals surface area contributed by atoms with Gasteiger partial charge in [-0.05, 0) is 24.3 Å². The number of alkyl halides is 9. The van der Waals surface area contributed by atoms with Crippen LogP contribution >= 0.6 is 0 Å². The molecule has 1 atom stereocenters. The lowest BCUT2D eigenvalue weighted by Gasteiger charge is -2.25. The minimum Gasteiger partial charge on any atom is -0.464 e. The van der Waals surface area contributed by atoms with Gasteiger partial charge in [-0.2, -0.15) is 39.5 Å². The summed E-state index contributed by atoms with van der Waals surface area (Å²) in [6.07, 6.45) is -19.1. The molecule has 1 aliphatic rings. The van der Waals surface area contributed by atoms with E-state index in [1.54, 1.807) is 5.43 Å². The molecule has 0 spiro atoms. The Kier molecular flexibility index (Phi) is 6.23. The molecule has 18 heteroatoms. The van der Waals surface area contributed by atoms with Gasteiger partial charge in [0.1, 0.15) is 29.1 Å². The van der Waals surface area contributed by atoms with Crippen LogP contribution in [0.25, 0.3) is 11.5 Å². The van der Waals surface area contributed by atoms with Crippen LogP contribution in [0.3, 0.4) is 0 Å². The highest BCUT2D eigenvalue weighted by molar-refractivity contribution is 5.80. The van der Waals surface area contributed by atoms with Crippen molar-refractivity contribution in [1.29, 1.82) is 0 Å². The lowest BCUT2D eigenvalue weighted by atomic mass is 10.1. The van der Waals surface area contributed by atoms with Crippen molar-refractivity contribution in [1.82, 2.24) is 20.4 Å². The van der Waals surface area contributed by atoms with Gasteiger partial charge in [-0.15, -0.1) is 0 Å². The van der Waals surface area contributed by atoms with Crippen molar-refractivity contribution in [3.8, 4) is 11.5 Å². The first-order chi connectivity index (χ1) is 17.5. The van der Waals surface area contributed by atoms with Gasteiger partial charge >= 0.3 is 24.6 Å². The fourth-order valence-corrected chi connectivity index (χ4v) is 3.48. The summed E-state index contributed by atoms with van der Waals surface area (Å²) in [6.45, 7) is 0. The van der Waals surface area contributed by atoms with Gasteiger partial charge < -0.3 is 10.4 Å². The Morgan fingerprint density at radius 2 is 1.61 bits per heavy atom. The number of rotatable bonds is 3. The van der Waals surface area contributed by atoms with Gasteiger partial charge in [0.05, 0.1) is 5.56 Å². The Bertz CT molecular complexity index is 1410. The maximum Gasteiger partial charge on any atom is 0.435 e. The van der Waals surface area contributed by atoms with Gasteiger partial charge in [-0.3, -0.25) is 0 Å². The van der Waals surface area contributed by atoms with Gasteiger partial charge in [0, 0.05) is 5.56 Å². The van der Waals surface area contributed by atoms with Crippen molar-refractivity contribution in [2.24, 2.45) is 0 Å². The highest BCUT2D eigenvalue weighted by Crippen LogP contribution is 2.47. The summed E-state index contributed by atoms with van der Waals surface area (Å²) in [5.74, 6) is -3.48. The first kappa shape index (κ1) is 26.7. The molecule has 3 N–H and O–H groups in total. The summed E-state index contributed by atoms with van der Waals surface area (Å²) >= 11 is 0. The molecular formula is C20H10F10N6O2. The lowest BCUT2D eigenvalue weighted by Crippen LogP contribution is -2.44. The van der Waals surface area contributed by atoms with Gasteiger partial charge in [-0.25, -0.2) is 34.6 Å². The molecule has 0 fully saturated rings. The first-order valence-electron chi connectivity index (χ1n) is 9.92. The van der Waals surface area contributed by atoms with Crippen molar-refractivity contribution in [3.05, 3.63) is 64.7 Å². The summed E-state index contributed by atoms with van der Waals surface area (Å²) in [5, 5.41) is 11.7. The monoisotopic (exact) mass is 556 g/mol. The number of benzene rings is 1. The molecule has 4 rings (SSSR count). The molecule has 1 aliphatic heterocycles. The largest absolute Gasteiger partial charge is 0.464 e. The number of hydrazine groups is 1. The van der Waals surface area contributed by atoms with E-state index in [1.807, 2.05) is 0 Å². The summed E-state index contributed by atoms with van der Waals surface area (Å²) in [7, 11) is 0. The third-order valence-corrected chi connectivity index (χ3v) is 5.03. The molecule has 0 saturated carbocycles. The van der Waals surface area contributed by atoms with Gasteiger partial charge in [-0.1, -0.05) is 12.1 Å². The van der Waals surface area contributed by atoms with Crippen LogP contribution in [0.1, 0.15) is 28.7 Å². The average molecular weight is 556 g/mol. The molecule has 0 radical (unpaired) electrons. The summed E-state index contributed by atoms with van der Waals surface area (Å²) in [5.41, 5.74) is -5.57. The van der Waals surface area contributed by atoms with Crippen LogP contribution < -0.4 is 15.8 Å². The van der Waals surface area contributed by atoms with E-state index in [4.69, 9.17) is 0 Å². The fourth-order valence-electron chi connectivity index (χ4n) is 3.48. The van der Waals surface area contributed by atoms with Crippen molar-refractivity contribution < 1.29 is 53.8 Å². The summed E-state index contributed by atoms with van der Waals surface area (Å²) in [4.78, 5) is 21.6. The number of pyridine rings is 1. The third-order valence-electron chi connectivity index (χ3n) is 5.03. The molecule has 0 bridgehead atoms. The van der Waals surface area contributed by atoms with E-state index in [-0.39, 0.29) is 6.07 Å². The summed E-state index contributed by atoms with van der Waals surface area (Å²) in [6, 6.07) is 3.24. The van der Waals surface area contributed by atoms with E-state index in [1.165, 1.54) is 0 Å². The van der Waals surface area contributed by atoms with Crippen LogP contribution in [0.5, 0.6) is 0 Å². The van der Waals surface area contributed by atoms with Crippen LogP contribution in [0.2, 0.25) is 0 Å². The highest BCUT2D eigenvalue weighted by Gasteiger charge is 2.45. The summed E-state index contributed by atoms with van der Waals surface area (Å²) < 4.78 is 134. The zero-order valence-corrected chi connectivity index (χ0v) is 18.0. The van der Waals surface area contributed by atoms with Crippen molar-refractivity contribution in [2.75, 3.05) is 10.3 Å². The van der Waals surface area contributed by atoms with E-state index in [0.29, 0.717) is 23.2 Å².